The molecule has 16 heavy (non-hydrogen) atoms. The summed E-state index contributed by atoms with van der Waals surface area (Å²) >= 11 is 4.95. The Morgan fingerprint density at radius 3 is 2.50 bits per heavy atom. The van der Waals surface area contributed by atoms with Gasteiger partial charge in [0.05, 0.1) is 23.0 Å². The smallest absolute Gasteiger partial charge is 0.284 e. The van der Waals surface area contributed by atoms with Crippen molar-refractivity contribution in [3.63, 3.8) is 0 Å². The number of hydrogen-bond acceptors (Lipinski definition) is 4. The van der Waals surface area contributed by atoms with E-state index in [0.29, 0.717) is 18.8 Å². The van der Waals surface area contributed by atoms with Gasteiger partial charge in [-0.1, -0.05) is 13.8 Å². The summed E-state index contributed by atoms with van der Waals surface area (Å²) in [6.07, 6.45) is 2.03. The molecule has 0 saturated heterocycles. The molecule has 2 unspecified atom stereocenters. The van der Waals surface area contributed by atoms with Gasteiger partial charge in [-0.15, -0.1) is 0 Å². The van der Waals surface area contributed by atoms with Crippen LogP contribution in [0.3, 0.4) is 0 Å². The van der Waals surface area contributed by atoms with Crippen LogP contribution in [0.2, 0.25) is 0 Å². The van der Waals surface area contributed by atoms with Crippen LogP contribution in [0.1, 0.15) is 33.1 Å². The molecule has 0 heterocycles. The fourth-order valence-electron chi connectivity index (χ4n) is 3.43. The molecule has 2 aliphatic rings. The molecule has 2 rings (SSSR count). The summed E-state index contributed by atoms with van der Waals surface area (Å²) in [6, 6.07) is 0. The zero-order valence-corrected chi connectivity index (χ0v) is 10.9. The molecular weight excluding hydrogens is 252 g/mol. The summed E-state index contributed by atoms with van der Waals surface area (Å²) < 4.78 is 26.9. The summed E-state index contributed by atoms with van der Waals surface area (Å²) in [5.74, 6) is 0.0582. The van der Waals surface area contributed by atoms with Crippen molar-refractivity contribution in [1.29, 1.82) is 0 Å². The van der Waals surface area contributed by atoms with Crippen molar-refractivity contribution in [3.05, 3.63) is 0 Å². The van der Waals surface area contributed by atoms with Gasteiger partial charge in [-0.2, -0.15) is 12.2 Å². The lowest BCUT2D eigenvalue weighted by Gasteiger charge is -2.35. The van der Waals surface area contributed by atoms with Gasteiger partial charge in [-0.05, 0) is 24.2 Å². The first-order valence-corrected chi connectivity index (χ1v) is 7.20. The zero-order valence-electron chi connectivity index (χ0n) is 9.32. The summed E-state index contributed by atoms with van der Waals surface area (Å²) in [6.45, 7) is 3.94. The van der Waals surface area contributed by atoms with E-state index in [0.717, 1.165) is 6.42 Å². The monoisotopic (exact) mass is 266 g/mol. The van der Waals surface area contributed by atoms with E-state index in [1.54, 1.807) is 0 Å². The van der Waals surface area contributed by atoms with Crippen LogP contribution in [-0.2, 0) is 18.6 Å². The Kier molecular flexibility index (Phi) is 2.64. The van der Waals surface area contributed by atoms with Crippen molar-refractivity contribution in [2.45, 2.75) is 33.1 Å². The lowest BCUT2D eigenvalue weighted by atomic mass is 9.70. The van der Waals surface area contributed by atoms with Gasteiger partial charge in [-0.3, -0.25) is 4.79 Å². The first-order valence-electron chi connectivity index (χ1n) is 5.31. The summed E-state index contributed by atoms with van der Waals surface area (Å²) in [4.78, 5) is 12.0. The van der Waals surface area contributed by atoms with Crippen LogP contribution in [0.15, 0.2) is 0 Å². The fraction of sp³-hybridized carbons (Fsp3) is 0.900. The number of hydrogen-bond donors (Lipinski definition) is 0. The quantitative estimate of drug-likeness (QED) is 0.783. The standard InChI is InChI=1S/C10H15ClO4S/c1-9(2)7-3-4-10(9,8(12)5-7)6-16(13,14)15-11/h7H,3-6H2,1-2H3. The topological polar surface area (TPSA) is 60.4 Å². The number of carbonyl (C=O) groups excluding carboxylic acids is 1. The zero-order chi connectivity index (χ0) is 12.2. The largest absolute Gasteiger partial charge is 0.299 e. The molecule has 2 saturated carbocycles. The van der Waals surface area contributed by atoms with Crippen molar-refractivity contribution in [2.24, 2.45) is 16.7 Å². The SMILES string of the molecule is CC1(C)C2CCC1(CS(=O)(=O)OCl)C(=O)C2. The third kappa shape index (κ3) is 1.45. The third-order valence-corrected chi connectivity index (χ3v) is 6.27. The van der Waals surface area contributed by atoms with Gasteiger partial charge in [0, 0.05) is 6.42 Å². The Morgan fingerprint density at radius 2 is 2.12 bits per heavy atom. The maximum atomic E-state index is 12.0. The van der Waals surface area contributed by atoms with Crippen molar-refractivity contribution in [1.82, 2.24) is 0 Å². The van der Waals surface area contributed by atoms with Crippen LogP contribution in [-0.4, -0.2) is 20.0 Å². The van der Waals surface area contributed by atoms with Gasteiger partial charge < -0.3 is 0 Å². The number of rotatable bonds is 3. The molecule has 0 aromatic carbocycles. The second-order valence-corrected chi connectivity index (χ2v) is 7.34. The van der Waals surface area contributed by atoms with Crippen molar-refractivity contribution in [3.8, 4) is 0 Å². The molecule has 0 amide bonds. The molecule has 0 aromatic rings. The first-order chi connectivity index (χ1) is 7.25. The van der Waals surface area contributed by atoms with Gasteiger partial charge in [0.15, 0.2) is 0 Å². The lowest BCUT2D eigenvalue weighted by Crippen LogP contribution is -2.42. The number of fused-ring (bicyclic) bond motifs is 2. The Morgan fingerprint density at radius 1 is 1.50 bits per heavy atom. The van der Waals surface area contributed by atoms with Crippen molar-refractivity contribution in [2.75, 3.05) is 5.75 Å². The van der Waals surface area contributed by atoms with E-state index < -0.39 is 15.5 Å². The number of Topliss-reactive ketones (excluding diaryl/α,β-unsaturated/α-hetero) is 1. The molecule has 92 valence electrons. The minimum absolute atomic E-state index is 0.0473. The van der Waals surface area contributed by atoms with E-state index in [4.69, 9.17) is 11.9 Å². The number of carbonyl (C=O) groups is 1. The van der Waals surface area contributed by atoms with Crippen LogP contribution in [0.4, 0.5) is 0 Å². The van der Waals surface area contributed by atoms with Gasteiger partial charge >= 0.3 is 0 Å². The average molecular weight is 267 g/mol. The summed E-state index contributed by atoms with van der Waals surface area (Å²) in [5, 5.41) is 0. The van der Waals surface area contributed by atoms with Crippen LogP contribution >= 0.6 is 11.9 Å². The van der Waals surface area contributed by atoms with Gasteiger partial charge in [0.1, 0.15) is 5.78 Å². The van der Waals surface area contributed by atoms with Gasteiger partial charge in [-0.25, -0.2) is 0 Å². The maximum Gasteiger partial charge on any atom is 0.284 e. The minimum Gasteiger partial charge on any atom is -0.299 e. The second kappa shape index (κ2) is 3.43. The predicted molar refractivity (Wildman–Crippen MR) is 59.3 cm³/mol. The maximum absolute atomic E-state index is 12.0. The highest BCUT2D eigenvalue weighted by Crippen LogP contribution is 2.64. The Balaban J connectivity index is 2.40. The molecule has 6 heteroatoms. The highest BCUT2D eigenvalue weighted by molar-refractivity contribution is 7.87. The van der Waals surface area contributed by atoms with Gasteiger partial charge in [0.2, 0.25) is 0 Å². The normalized spacial score (nSPS) is 36.9. The molecule has 0 N–H and O–H groups in total. The molecule has 0 radical (unpaired) electrons. The molecule has 2 fully saturated rings. The summed E-state index contributed by atoms with van der Waals surface area (Å²) in [7, 11) is -3.81. The Bertz CT molecular complexity index is 428. The average Bonchev–Trinajstić information content (AvgIpc) is 2.51. The van der Waals surface area contributed by atoms with E-state index in [1.807, 2.05) is 13.8 Å². The highest BCUT2D eigenvalue weighted by atomic mass is 35.5. The summed E-state index contributed by atoms with van der Waals surface area (Å²) in [5.41, 5.74) is -1.06. The van der Waals surface area contributed by atoms with E-state index in [2.05, 4.69) is 3.74 Å². The molecular formula is C10H15ClO4S. The van der Waals surface area contributed by atoms with Crippen LogP contribution in [0.25, 0.3) is 0 Å². The minimum atomic E-state index is -3.81. The molecule has 2 aliphatic carbocycles. The molecule has 0 aliphatic heterocycles. The van der Waals surface area contributed by atoms with Crippen LogP contribution in [0, 0.1) is 16.7 Å². The third-order valence-electron chi connectivity index (χ3n) is 4.66. The lowest BCUT2D eigenvalue weighted by molar-refractivity contribution is -0.128. The molecule has 0 aromatic heterocycles. The van der Waals surface area contributed by atoms with E-state index in [1.165, 1.54) is 0 Å². The predicted octanol–water partition coefficient (Wildman–Crippen LogP) is 1.88. The van der Waals surface area contributed by atoms with E-state index >= 15 is 0 Å². The van der Waals surface area contributed by atoms with Gasteiger partial charge in [0.25, 0.3) is 10.1 Å². The van der Waals surface area contributed by atoms with Crippen LogP contribution < -0.4 is 0 Å². The fourth-order valence-corrected chi connectivity index (χ4v) is 4.89. The van der Waals surface area contributed by atoms with E-state index in [9.17, 15) is 13.2 Å². The Labute approximate surface area is 101 Å². The number of halogens is 1. The number of ketones is 1. The Hall–Kier alpha value is -0.130. The molecule has 4 nitrogen and oxygen atoms in total. The highest BCUT2D eigenvalue weighted by Gasteiger charge is 2.65. The van der Waals surface area contributed by atoms with E-state index in [-0.39, 0.29) is 17.0 Å². The van der Waals surface area contributed by atoms with Crippen molar-refractivity contribution < 1.29 is 16.9 Å². The molecule has 0 spiro atoms. The van der Waals surface area contributed by atoms with Crippen molar-refractivity contribution >= 4 is 27.8 Å². The second-order valence-electron chi connectivity index (χ2n) is 5.43. The first kappa shape index (κ1) is 12.3. The molecule has 2 bridgehead atoms. The van der Waals surface area contributed by atoms with Crippen LogP contribution in [0.5, 0.6) is 0 Å². The molecule has 2 atom stereocenters.